The second kappa shape index (κ2) is 3.19. The van der Waals surface area contributed by atoms with Gasteiger partial charge in [0.05, 0.1) is 17.1 Å². The van der Waals surface area contributed by atoms with Gasteiger partial charge in [0, 0.05) is 0 Å². The third kappa shape index (κ3) is 1.61. The summed E-state index contributed by atoms with van der Waals surface area (Å²) >= 11 is 5.74. The maximum atomic E-state index is 5.74. The fraction of sp³-hybridized carbons (Fsp3) is 0.375. The zero-order valence-electron chi connectivity index (χ0n) is 7.13. The number of pyridine rings is 1. The van der Waals surface area contributed by atoms with Crippen LogP contribution in [0.25, 0.3) is 0 Å². The molecule has 0 bridgehead atoms. The van der Waals surface area contributed by atoms with Gasteiger partial charge in [0.2, 0.25) is 0 Å². The van der Waals surface area contributed by atoms with E-state index in [1.807, 2.05) is 13.8 Å². The molecule has 0 atom stereocenters. The summed E-state index contributed by atoms with van der Waals surface area (Å²) in [5, 5.41) is 0.327. The average Bonchev–Trinajstić information content (AvgIpc) is 1.96. The Hall–Kier alpha value is -0.960. The SMILES string of the molecule is CC(C)c1nc(Cl)c(N)cc1N. The van der Waals surface area contributed by atoms with Gasteiger partial charge in [0.25, 0.3) is 0 Å². The summed E-state index contributed by atoms with van der Waals surface area (Å²) in [6, 6.07) is 1.64. The van der Waals surface area contributed by atoms with E-state index in [1.165, 1.54) is 0 Å². The lowest BCUT2D eigenvalue weighted by atomic mass is 10.1. The van der Waals surface area contributed by atoms with E-state index in [4.69, 9.17) is 23.1 Å². The van der Waals surface area contributed by atoms with Crippen molar-refractivity contribution >= 4 is 23.0 Å². The van der Waals surface area contributed by atoms with Crippen molar-refractivity contribution < 1.29 is 0 Å². The Labute approximate surface area is 76.7 Å². The summed E-state index contributed by atoms with van der Waals surface area (Å²) in [4.78, 5) is 4.09. The highest BCUT2D eigenvalue weighted by Gasteiger charge is 2.08. The smallest absolute Gasteiger partial charge is 0.152 e. The summed E-state index contributed by atoms with van der Waals surface area (Å²) in [5.41, 5.74) is 13.0. The molecule has 0 aromatic carbocycles. The predicted molar refractivity (Wildman–Crippen MR) is 52.2 cm³/mol. The van der Waals surface area contributed by atoms with Gasteiger partial charge in [-0.25, -0.2) is 4.98 Å². The minimum absolute atomic E-state index is 0.267. The van der Waals surface area contributed by atoms with E-state index in [1.54, 1.807) is 6.07 Å². The van der Waals surface area contributed by atoms with E-state index in [2.05, 4.69) is 4.98 Å². The van der Waals surface area contributed by atoms with Crippen LogP contribution in [0.15, 0.2) is 6.07 Å². The predicted octanol–water partition coefficient (Wildman–Crippen LogP) is 2.02. The Balaban J connectivity index is 3.23. The monoisotopic (exact) mass is 185 g/mol. The number of hydrogen-bond donors (Lipinski definition) is 2. The van der Waals surface area contributed by atoms with Gasteiger partial charge in [-0.05, 0) is 12.0 Å². The molecule has 0 amide bonds. The Kier molecular flexibility index (Phi) is 2.43. The van der Waals surface area contributed by atoms with Crippen molar-refractivity contribution in [2.45, 2.75) is 19.8 Å². The number of nitrogens with zero attached hydrogens (tertiary/aromatic N) is 1. The second-order valence-corrected chi connectivity index (χ2v) is 3.36. The highest BCUT2D eigenvalue weighted by molar-refractivity contribution is 6.31. The van der Waals surface area contributed by atoms with Gasteiger partial charge in [0.1, 0.15) is 0 Å². The number of rotatable bonds is 1. The molecule has 0 radical (unpaired) electrons. The first kappa shape index (κ1) is 9.13. The third-order valence-electron chi connectivity index (χ3n) is 1.61. The number of aromatic nitrogens is 1. The first-order chi connectivity index (χ1) is 5.52. The molecular formula is C8H12ClN3. The van der Waals surface area contributed by atoms with Crippen LogP contribution in [0, 0.1) is 0 Å². The first-order valence-corrected chi connectivity index (χ1v) is 4.11. The summed E-state index contributed by atoms with van der Waals surface area (Å²) in [7, 11) is 0. The molecular weight excluding hydrogens is 174 g/mol. The summed E-state index contributed by atoms with van der Waals surface area (Å²) in [5.74, 6) is 0.267. The lowest BCUT2D eigenvalue weighted by molar-refractivity contribution is 0.827. The molecule has 0 fully saturated rings. The minimum Gasteiger partial charge on any atom is -0.397 e. The molecule has 3 nitrogen and oxygen atoms in total. The van der Waals surface area contributed by atoms with Crippen LogP contribution in [-0.2, 0) is 0 Å². The van der Waals surface area contributed by atoms with Gasteiger partial charge in [-0.15, -0.1) is 0 Å². The van der Waals surface area contributed by atoms with Crippen molar-refractivity contribution in [1.82, 2.24) is 4.98 Å². The molecule has 1 heterocycles. The van der Waals surface area contributed by atoms with E-state index in [0.717, 1.165) is 5.69 Å². The van der Waals surface area contributed by atoms with E-state index in [0.29, 0.717) is 16.5 Å². The van der Waals surface area contributed by atoms with Crippen LogP contribution >= 0.6 is 11.6 Å². The number of hydrogen-bond acceptors (Lipinski definition) is 3. The Bertz CT molecular complexity index is 297. The Morgan fingerprint density at radius 2 is 1.92 bits per heavy atom. The lowest BCUT2D eigenvalue weighted by Crippen LogP contribution is -2.02. The van der Waals surface area contributed by atoms with Gasteiger partial charge in [-0.2, -0.15) is 0 Å². The molecule has 4 heteroatoms. The van der Waals surface area contributed by atoms with E-state index in [9.17, 15) is 0 Å². The second-order valence-electron chi connectivity index (χ2n) is 3.00. The summed E-state index contributed by atoms with van der Waals surface area (Å²) < 4.78 is 0. The zero-order valence-corrected chi connectivity index (χ0v) is 7.89. The van der Waals surface area contributed by atoms with Gasteiger partial charge in [-0.3, -0.25) is 0 Å². The van der Waals surface area contributed by atoms with Gasteiger partial charge in [-0.1, -0.05) is 25.4 Å². The van der Waals surface area contributed by atoms with E-state index >= 15 is 0 Å². The third-order valence-corrected chi connectivity index (χ3v) is 1.91. The summed E-state index contributed by atoms with van der Waals surface area (Å²) in [6.45, 7) is 4.01. The Morgan fingerprint density at radius 3 is 2.42 bits per heavy atom. The van der Waals surface area contributed by atoms with Gasteiger partial charge in [0.15, 0.2) is 5.15 Å². The van der Waals surface area contributed by atoms with Gasteiger partial charge < -0.3 is 11.5 Å². The highest BCUT2D eigenvalue weighted by Crippen LogP contribution is 2.26. The average molecular weight is 186 g/mol. The van der Waals surface area contributed by atoms with Crippen molar-refractivity contribution in [2.24, 2.45) is 0 Å². The molecule has 0 aliphatic carbocycles. The highest BCUT2D eigenvalue weighted by atomic mass is 35.5. The van der Waals surface area contributed by atoms with Crippen LogP contribution in [-0.4, -0.2) is 4.98 Å². The van der Waals surface area contributed by atoms with Gasteiger partial charge >= 0.3 is 0 Å². The molecule has 0 unspecified atom stereocenters. The van der Waals surface area contributed by atoms with E-state index < -0.39 is 0 Å². The van der Waals surface area contributed by atoms with Crippen molar-refractivity contribution in [3.05, 3.63) is 16.9 Å². The van der Waals surface area contributed by atoms with Crippen LogP contribution in [0.2, 0.25) is 5.15 Å². The van der Waals surface area contributed by atoms with Crippen molar-refractivity contribution in [1.29, 1.82) is 0 Å². The number of nitrogens with two attached hydrogens (primary N) is 2. The largest absolute Gasteiger partial charge is 0.397 e. The maximum absolute atomic E-state index is 5.74. The molecule has 0 aliphatic rings. The molecule has 0 aliphatic heterocycles. The van der Waals surface area contributed by atoms with Crippen molar-refractivity contribution in [2.75, 3.05) is 11.5 Å². The zero-order chi connectivity index (χ0) is 9.30. The normalized spacial score (nSPS) is 10.7. The molecule has 0 saturated heterocycles. The Morgan fingerprint density at radius 1 is 1.33 bits per heavy atom. The van der Waals surface area contributed by atoms with Crippen LogP contribution in [0.5, 0.6) is 0 Å². The number of nitrogen functional groups attached to an aromatic ring is 2. The quantitative estimate of drug-likeness (QED) is 0.658. The minimum atomic E-state index is 0.267. The lowest BCUT2D eigenvalue weighted by Gasteiger charge is -2.09. The number of anilines is 2. The topological polar surface area (TPSA) is 64.9 Å². The molecule has 66 valence electrons. The molecule has 12 heavy (non-hydrogen) atoms. The van der Waals surface area contributed by atoms with Crippen molar-refractivity contribution in [3.63, 3.8) is 0 Å². The van der Waals surface area contributed by atoms with E-state index in [-0.39, 0.29) is 5.92 Å². The van der Waals surface area contributed by atoms with Crippen LogP contribution < -0.4 is 11.5 Å². The van der Waals surface area contributed by atoms with Crippen LogP contribution in [0.3, 0.4) is 0 Å². The summed E-state index contributed by atoms with van der Waals surface area (Å²) in [6.07, 6.45) is 0. The molecule has 4 N–H and O–H groups in total. The fourth-order valence-corrected chi connectivity index (χ4v) is 1.14. The van der Waals surface area contributed by atoms with Crippen LogP contribution in [0.1, 0.15) is 25.5 Å². The molecule has 1 aromatic rings. The molecule has 1 aromatic heterocycles. The van der Waals surface area contributed by atoms with Crippen LogP contribution in [0.4, 0.5) is 11.4 Å². The fourth-order valence-electron chi connectivity index (χ4n) is 0.998. The van der Waals surface area contributed by atoms with Crippen molar-refractivity contribution in [3.8, 4) is 0 Å². The molecule has 0 saturated carbocycles. The standard InChI is InChI=1S/C8H12ClN3/c1-4(2)7-5(10)3-6(11)8(9)12-7/h3-4H,10-11H2,1-2H3. The molecule has 0 spiro atoms. The first-order valence-electron chi connectivity index (χ1n) is 3.73. The number of halogens is 1. The molecule has 1 rings (SSSR count). The maximum Gasteiger partial charge on any atom is 0.152 e.